The molecule has 0 aromatic heterocycles. The van der Waals surface area contributed by atoms with E-state index in [0.717, 1.165) is 5.92 Å². The number of hydrogen-bond acceptors (Lipinski definition) is 1. The summed E-state index contributed by atoms with van der Waals surface area (Å²) in [6.45, 7) is 2.41. The van der Waals surface area contributed by atoms with Crippen molar-refractivity contribution in [3.8, 4) is 0 Å². The number of rotatable bonds is 1. The maximum atomic E-state index is 5.53. The molecule has 0 saturated heterocycles. The van der Waals surface area contributed by atoms with Crippen LogP contribution in [0.15, 0.2) is 0 Å². The fourth-order valence-electron chi connectivity index (χ4n) is 2.97. The van der Waals surface area contributed by atoms with Gasteiger partial charge < -0.3 is 4.74 Å². The highest BCUT2D eigenvalue weighted by Gasteiger charge is 2.50. The molecule has 0 amide bonds. The Morgan fingerprint density at radius 3 is 2.55 bits per heavy atom. The topological polar surface area (TPSA) is 9.23 Å². The second-order valence-electron chi connectivity index (χ2n) is 4.40. The molecule has 1 heteroatoms. The van der Waals surface area contributed by atoms with Gasteiger partial charge in [-0.3, -0.25) is 0 Å². The molecule has 0 aliphatic heterocycles. The minimum atomic E-state index is 0.562. The van der Waals surface area contributed by atoms with Crippen LogP contribution in [0.1, 0.15) is 39.0 Å². The molecule has 3 atom stereocenters. The van der Waals surface area contributed by atoms with Gasteiger partial charge in [0.2, 0.25) is 0 Å². The lowest BCUT2D eigenvalue weighted by Crippen LogP contribution is -2.50. The van der Waals surface area contributed by atoms with Gasteiger partial charge >= 0.3 is 0 Å². The van der Waals surface area contributed by atoms with Crippen molar-refractivity contribution >= 4 is 0 Å². The Kier molecular flexibility index (Phi) is 1.71. The van der Waals surface area contributed by atoms with Gasteiger partial charge in [0.25, 0.3) is 0 Å². The van der Waals surface area contributed by atoms with E-state index in [1.54, 1.807) is 0 Å². The third-order valence-corrected chi connectivity index (χ3v) is 4.00. The largest absolute Gasteiger partial charge is 0.381 e. The van der Waals surface area contributed by atoms with Gasteiger partial charge in [0.1, 0.15) is 0 Å². The molecule has 0 radical (unpaired) electrons. The molecular formula is C10H18O. The molecule has 2 aliphatic carbocycles. The third kappa shape index (κ3) is 0.936. The van der Waals surface area contributed by atoms with Gasteiger partial charge in [0.15, 0.2) is 0 Å². The van der Waals surface area contributed by atoms with Gasteiger partial charge in [-0.15, -0.1) is 0 Å². The first-order valence-electron chi connectivity index (χ1n) is 4.80. The molecular weight excluding hydrogens is 136 g/mol. The van der Waals surface area contributed by atoms with Crippen molar-refractivity contribution < 1.29 is 4.74 Å². The summed E-state index contributed by atoms with van der Waals surface area (Å²) in [6.07, 6.45) is 7.56. The molecule has 1 nitrogen and oxygen atoms in total. The lowest BCUT2D eigenvalue weighted by atomic mass is 9.53. The maximum Gasteiger partial charge on any atom is 0.0627 e. The average molecular weight is 154 g/mol. The zero-order valence-electron chi connectivity index (χ0n) is 7.60. The van der Waals surface area contributed by atoms with E-state index in [0.29, 0.717) is 11.5 Å². The average Bonchev–Trinajstić information content (AvgIpc) is 2.00. The Bertz CT molecular complexity index is 155. The quantitative estimate of drug-likeness (QED) is 0.564. The lowest BCUT2D eigenvalue weighted by Gasteiger charge is -2.54. The highest BCUT2D eigenvalue weighted by molar-refractivity contribution is 5.00. The predicted octanol–water partition coefficient (Wildman–Crippen LogP) is 2.60. The Balaban J connectivity index is 2.09. The first-order chi connectivity index (χ1) is 5.27. The van der Waals surface area contributed by atoms with E-state index >= 15 is 0 Å². The summed E-state index contributed by atoms with van der Waals surface area (Å²) in [7, 11) is 1.87. The predicted molar refractivity (Wildman–Crippen MR) is 45.5 cm³/mol. The van der Waals surface area contributed by atoms with E-state index in [1.165, 1.54) is 32.1 Å². The molecule has 11 heavy (non-hydrogen) atoms. The van der Waals surface area contributed by atoms with Crippen molar-refractivity contribution in [3.63, 3.8) is 0 Å². The molecule has 0 aromatic rings. The summed E-state index contributed by atoms with van der Waals surface area (Å²) in [5.41, 5.74) is 0.562. The summed E-state index contributed by atoms with van der Waals surface area (Å²) in [5, 5.41) is 0. The van der Waals surface area contributed by atoms with Crippen molar-refractivity contribution in [3.05, 3.63) is 0 Å². The van der Waals surface area contributed by atoms with E-state index in [2.05, 4.69) is 6.92 Å². The molecule has 2 saturated carbocycles. The van der Waals surface area contributed by atoms with E-state index in [9.17, 15) is 0 Å². The molecule has 0 spiro atoms. The van der Waals surface area contributed by atoms with Gasteiger partial charge in [-0.25, -0.2) is 0 Å². The highest BCUT2D eigenvalue weighted by Crippen LogP contribution is 2.55. The minimum absolute atomic E-state index is 0.562. The van der Waals surface area contributed by atoms with E-state index < -0.39 is 0 Å². The van der Waals surface area contributed by atoms with Crippen LogP contribution in [-0.2, 0) is 4.74 Å². The van der Waals surface area contributed by atoms with E-state index in [-0.39, 0.29) is 0 Å². The van der Waals surface area contributed by atoms with E-state index in [4.69, 9.17) is 4.74 Å². The van der Waals surface area contributed by atoms with Gasteiger partial charge in [0, 0.05) is 7.11 Å². The second-order valence-corrected chi connectivity index (χ2v) is 4.40. The zero-order valence-corrected chi connectivity index (χ0v) is 7.60. The fraction of sp³-hybridized carbons (Fsp3) is 1.00. The van der Waals surface area contributed by atoms with Crippen molar-refractivity contribution in [2.24, 2.45) is 11.3 Å². The normalized spacial score (nSPS) is 49.6. The summed E-state index contributed by atoms with van der Waals surface area (Å²) in [6, 6.07) is 0. The van der Waals surface area contributed by atoms with Crippen LogP contribution in [0.2, 0.25) is 0 Å². The van der Waals surface area contributed by atoms with Crippen molar-refractivity contribution in [1.29, 1.82) is 0 Å². The summed E-state index contributed by atoms with van der Waals surface area (Å²) in [4.78, 5) is 0. The molecule has 0 N–H and O–H groups in total. The molecule has 2 fully saturated rings. The minimum Gasteiger partial charge on any atom is -0.381 e. The van der Waals surface area contributed by atoms with Gasteiger partial charge in [-0.2, -0.15) is 0 Å². The van der Waals surface area contributed by atoms with Crippen molar-refractivity contribution in [2.45, 2.75) is 45.1 Å². The standard InChI is InChI=1S/C10H18O/c1-10-7-6-8(10)4-3-5-9(10)11-2/h8-9H,3-7H2,1-2H3/t8-,9+,10-/m1/s1. The van der Waals surface area contributed by atoms with Crippen molar-refractivity contribution in [2.75, 3.05) is 7.11 Å². The molecule has 64 valence electrons. The van der Waals surface area contributed by atoms with Crippen LogP contribution < -0.4 is 0 Å². The monoisotopic (exact) mass is 154 g/mol. The first kappa shape index (κ1) is 7.60. The van der Waals surface area contributed by atoms with Gasteiger partial charge in [0.05, 0.1) is 6.10 Å². The number of hydrogen-bond donors (Lipinski definition) is 0. The molecule has 0 aromatic carbocycles. The summed E-state index contributed by atoms with van der Waals surface area (Å²) in [5.74, 6) is 0.987. The smallest absolute Gasteiger partial charge is 0.0627 e. The van der Waals surface area contributed by atoms with Crippen LogP contribution in [0, 0.1) is 11.3 Å². The Labute approximate surface area is 69.1 Å². The van der Waals surface area contributed by atoms with Gasteiger partial charge in [-0.1, -0.05) is 13.3 Å². The lowest BCUT2D eigenvalue weighted by molar-refractivity contribution is -0.122. The fourth-order valence-corrected chi connectivity index (χ4v) is 2.97. The number of ether oxygens (including phenoxy) is 1. The van der Waals surface area contributed by atoms with Crippen LogP contribution in [0.3, 0.4) is 0 Å². The van der Waals surface area contributed by atoms with Gasteiger partial charge in [-0.05, 0) is 37.0 Å². The Morgan fingerprint density at radius 2 is 2.09 bits per heavy atom. The third-order valence-electron chi connectivity index (χ3n) is 4.00. The maximum absolute atomic E-state index is 5.53. The molecule has 0 bridgehead atoms. The molecule has 2 rings (SSSR count). The zero-order chi connectivity index (χ0) is 7.90. The second kappa shape index (κ2) is 2.48. The van der Waals surface area contributed by atoms with E-state index in [1.807, 2.05) is 7.11 Å². The van der Waals surface area contributed by atoms with Crippen LogP contribution in [-0.4, -0.2) is 13.2 Å². The highest BCUT2D eigenvalue weighted by atomic mass is 16.5. The van der Waals surface area contributed by atoms with Crippen LogP contribution in [0.5, 0.6) is 0 Å². The first-order valence-corrected chi connectivity index (χ1v) is 4.80. The Morgan fingerprint density at radius 1 is 1.27 bits per heavy atom. The SMILES string of the molecule is CO[C@H]1CCC[C@@H]2CC[C@]21C. The number of methoxy groups -OCH3 is 1. The molecule has 0 heterocycles. The van der Waals surface area contributed by atoms with Crippen molar-refractivity contribution in [1.82, 2.24) is 0 Å². The molecule has 0 unspecified atom stereocenters. The molecule has 2 aliphatic rings. The number of fused-ring (bicyclic) bond motifs is 1. The summed E-state index contributed by atoms with van der Waals surface area (Å²) < 4.78 is 5.53. The summed E-state index contributed by atoms with van der Waals surface area (Å²) >= 11 is 0. The van der Waals surface area contributed by atoms with Crippen LogP contribution >= 0.6 is 0 Å². The Hall–Kier alpha value is -0.0400. The van der Waals surface area contributed by atoms with Crippen LogP contribution in [0.4, 0.5) is 0 Å². The van der Waals surface area contributed by atoms with Crippen LogP contribution in [0.25, 0.3) is 0 Å².